The van der Waals surface area contributed by atoms with Crippen LogP contribution in [0.15, 0.2) is 24.3 Å². The average molecular weight is 367 g/mol. The molecule has 5 heteroatoms. The maximum absolute atomic E-state index is 12.9. The molecule has 5 nitrogen and oxygen atoms in total. The Balaban J connectivity index is 1.49. The number of rotatable bonds is 4. The minimum Gasteiger partial charge on any atom is -0.369 e. The Kier molecular flexibility index (Phi) is 4.72. The van der Waals surface area contributed by atoms with Crippen LogP contribution in [0.1, 0.15) is 46.2 Å². The third-order valence-electron chi connectivity index (χ3n) is 5.97. The van der Waals surface area contributed by atoms with E-state index >= 15 is 0 Å². The summed E-state index contributed by atoms with van der Waals surface area (Å²) < 4.78 is 2.32. The van der Waals surface area contributed by atoms with Gasteiger partial charge in [0.15, 0.2) is 0 Å². The Bertz CT molecular complexity index is 857. The number of carbonyl (C=O) groups is 1. The first-order valence-electron chi connectivity index (χ1n) is 9.98. The van der Waals surface area contributed by atoms with Crippen molar-refractivity contribution in [2.75, 3.05) is 43.4 Å². The number of aromatic nitrogens is 1. The zero-order valence-corrected chi connectivity index (χ0v) is 16.9. The van der Waals surface area contributed by atoms with E-state index < -0.39 is 0 Å². The first-order valence-corrected chi connectivity index (χ1v) is 9.98. The number of benzene rings is 1. The highest BCUT2D eigenvalue weighted by molar-refractivity contribution is 6.05. The van der Waals surface area contributed by atoms with Gasteiger partial charge >= 0.3 is 0 Å². The molecule has 1 amide bonds. The molecule has 0 atom stereocenters. The lowest BCUT2D eigenvalue weighted by Crippen LogP contribution is -2.44. The Labute approximate surface area is 162 Å². The molecule has 1 aromatic carbocycles. The highest BCUT2D eigenvalue weighted by Crippen LogP contribution is 2.38. The van der Waals surface area contributed by atoms with Crippen molar-refractivity contribution in [2.24, 2.45) is 0 Å². The highest BCUT2D eigenvalue weighted by Gasteiger charge is 2.28. The summed E-state index contributed by atoms with van der Waals surface area (Å²) >= 11 is 0. The molecular formula is C22H30N4O. The standard InChI is InChI=1S/C22H30N4O/c1-15-13-19(25-11-9-24(4)10-12-25)7-8-21(15)23-22(27)20-14-16(2)26(17(20)3)18-5-6-18/h7-8,13-14,18H,5-6,9-12H2,1-4H3,(H,23,27). The Hall–Kier alpha value is -2.27. The van der Waals surface area contributed by atoms with E-state index in [0.29, 0.717) is 6.04 Å². The molecule has 2 aromatic rings. The van der Waals surface area contributed by atoms with Gasteiger partial charge in [-0.15, -0.1) is 0 Å². The lowest BCUT2D eigenvalue weighted by Gasteiger charge is -2.34. The Morgan fingerprint density at radius 2 is 1.74 bits per heavy atom. The van der Waals surface area contributed by atoms with E-state index in [9.17, 15) is 4.79 Å². The van der Waals surface area contributed by atoms with Crippen molar-refractivity contribution in [2.45, 2.75) is 39.7 Å². The van der Waals surface area contributed by atoms with Crippen LogP contribution >= 0.6 is 0 Å². The van der Waals surface area contributed by atoms with E-state index in [0.717, 1.165) is 48.7 Å². The number of carbonyl (C=O) groups excluding carboxylic acids is 1. The fourth-order valence-corrected chi connectivity index (χ4v) is 4.14. The Morgan fingerprint density at radius 3 is 2.37 bits per heavy atom. The maximum atomic E-state index is 12.9. The first-order chi connectivity index (χ1) is 12.9. The van der Waals surface area contributed by atoms with Crippen LogP contribution in [-0.4, -0.2) is 48.6 Å². The zero-order valence-electron chi connectivity index (χ0n) is 16.9. The number of amides is 1. The number of anilines is 2. The SMILES string of the molecule is Cc1cc(N2CCN(C)CC2)ccc1NC(=O)c1cc(C)n(C2CC2)c1C. The fourth-order valence-electron chi connectivity index (χ4n) is 4.14. The van der Waals surface area contributed by atoms with Crippen LogP contribution in [0.2, 0.25) is 0 Å². The molecule has 144 valence electrons. The average Bonchev–Trinajstić information content (AvgIpc) is 3.42. The van der Waals surface area contributed by atoms with E-state index in [2.05, 4.69) is 59.6 Å². The largest absolute Gasteiger partial charge is 0.369 e. The summed E-state index contributed by atoms with van der Waals surface area (Å²) in [6.07, 6.45) is 2.45. The number of piperazine rings is 1. The van der Waals surface area contributed by atoms with Gasteiger partial charge in [-0.2, -0.15) is 0 Å². The second-order valence-corrected chi connectivity index (χ2v) is 8.13. The molecular weight excluding hydrogens is 336 g/mol. The van der Waals surface area contributed by atoms with Crippen molar-refractivity contribution < 1.29 is 4.79 Å². The van der Waals surface area contributed by atoms with Gasteiger partial charge in [-0.05, 0) is 70.5 Å². The topological polar surface area (TPSA) is 40.5 Å². The normalized spacial score (nSPS) is 18.0. The molecule has 2 heterocycles. The van der Waals surface area contributed by atoms with Crippen LogP contribution in [-0.2, 0) is 0 Å². The van der Waals surface area contributed by atoms with Gasteiger partial charge in [0.25, 0.3) is 5.91 Å². The number of likely N-dealkylation sites (N-methyl/N-ethyl adjacent to an activating group) is 1. The van der Waals surface area contributed by atoms with E-state index in [1.807, 2.05) is 12.1 Å². The van der Waals surface area contributed by atoms with E-state index in [1.165, 1.54) is 24.2 Å². The lowest BCUT2D eigenvalue weighted by atomic mass is 10.1. The van der Waals surface area contributed by atoms with Crippen LogP contribution in [0.3, 0.4) is 0 Å². The van der Waals surface area contributed by atoms with Crippen molar-refractivity contribution in [3.63, 3.8) is 0 Å². The van der Waals surface area contributed by atoms with E-state index in [4.69, 9.17) is 0 Å². The minimum atomic E-state index is -0.00885. The Morgan fingerprint density at radius 1 is 1.04 bits per heavy atom. The molecule has 1 saturated heterocycles. The predicted molar refractivity (Wildman–Crippen MR) is 111 cm³/mol. The van der Waals surface area contributed by atoms with Crippen molar-refractivity contribution in [3.05, 3.63) is 46.8 Å². The van der Waals surface area contributed by atoms with Crippen molar-refractivity contribution >= 4 is 17.3 Å². The summed E-state index contributed by atoms with van der Waals surface area (Å²) in [6, 6.07) is 8.98. The number of hydrogen-bond donors (Lipinski definition) is 1. The molecule has 0 radical (unpaired) electrons. The first kappa shape index (κ1) is 18.1. The number of nitrogens with one attached hydrogen (secondary N) is 1. The van der Waals surface area contributed by atoms with E-state index in [-0.39, 0.29) is 5.91 Å². The van der Waals surface area contributed by atoms with Gasteiger partial charge in [0.05, 0.1) is 5.56 Å². The molecule has 0 spiro atoms. The molecule has 0 unspecified atom stereocenters. The summed E-state index contributed by atoms with van der Waals surface area (Å²) in [6.45, 7) is 10.5. The smallest absolute Gasteiger partial charge is 0.257 e. The van der Waals surface area contributed by atoms with Gasteiger partial charge in [-0.3, -0.25) is 4.79 Å². The molecule has 27 heavy (non-hydrogen) atoms. The van der Waals surface area contributed by atoms with Crippen LogP contribution in [0.5, 0.6) is 0 Å². The molecule has 2 fully saturated rings. The van der Waals surface area contributed by atoms with Gasteiger partial charge in [-0.25, -0.2) is 0 Å². The summed E-state index contributed by atoms with van der Waals surface area (Å²) in [5.41, 5.74) is 6.30. The molecule has 1 aliphatic heterocycles. The molecule has 0 bridgehead atoms. The van der Waals surface area contributed by atoms with Crippen molar-refractivity contribution in [1.29, 1.82) is 0 Å². The van der Waals surface area contributed by atoms with Crippen LogP contribution in [0.4, 0.5) is 11.4 Å². The number of aryl methyl sites for hydroxylation is 2. The maximum Gasteiger partial charge on any atom is 0.257 e. The monoisotopic (exact) mass is 366 g/mol. The van der Waals surface area contributed by atoms with Crippen molar-refractivity contribution in [3.8, 4) is 0 Å². The van der Waals surface area contributed by atoms with Gasteiger partial charge in [0.1, 0.15) is 0 Å². The van der Waals surface area contributed by atoms with Crippen molar-refractivity contribution in [1.82, 2.24) is 9.47 Å². The minimum absolute atomic E-state index is 0.00885. The second-order valence-electron chi connectivity index (χ2n) is 8.13. The molecule has 1 aliphatic carbocycles. The third-order valence-corrected chi connectivity index (χ3v) is 5.97. The van der Waals surface area contributed by atoms with Crippen LogP contribution in [0, 0.1) is 20.8 Å². The fraction of sp³-hybridized carbons (Fsp3) is 0.500. The summed E-state index contributed by atoms with van der Waals surface area (Å²) in [4.78, 5) is 17.7. The lowest BCUT2D eigenvalue weighted by molar-refractivity contribution is 0.102. The van der Waals surface area contributed by atoms with Gasteiger partial charge < -0.3 is 19.7 Å². The zero-order chi connectivity index (χ0) is 19.1. The quantitative estimate of drug-likeness (QED) is 0.896. The summed E-state index contributed by atoms with van der Waals surface area (Å²) in [7, 11) is 2.17. The number of hydrogen-bond acceptors (Lipinski definition) is 3. The van der Waals surface area contributed by atoms with Gasteiger partial charge in [-0.1, -0.05) is 0 Å². The predicted octanol–water partition coefficient (Wildman–Crippen LogP) is 3.75. The highest BCUT2D eigenvalue weighted by atomic mass is 16.1. The van der Waals surface area contributed by atoms with Gasteiger partial charge in [0, 0.05) is 55.0 Å². The number of nitrogens with zero attached hydrogens (tertiary/aromatic N) is 3. The summed E-state index contributed by atoms with van der Waals surface area (Å²) in [5.74, 6) is -0.00885. The summed E-state index contributed by atoms with van der Waals surface area (Å²) in [5, 5.41) is 3.13. The molecule has 1 N–H and O–H groups in total. The van der Waals surface area contributed by atoms with E-state index in [1.54, 1.807) is 0 Å². The van der Waals surface area contributed by atoms with Crippen LogP contribution in [0.25, 0.3) is 0 Å². The second kappa shape index (κ2) is 7.04. The van der Waals surface area contributed by atoms with Crippen LogP contribution < -0.4 is 10.2 Å². The third kappa shape index (κ3) is 3.61. The van der Waals surface area contributed by atoms with Gasteiger partial charge in [0.2, 0.25) is 0 Å². The molecule has 1 aromatic heterocycles. The molecule has 2 aliphatic rings. The molecule has 4 rings (SSSR count). The molecule has 1 saturated carbocycles.